The van der Waals surface area contributed by atoms with Crippen LogP contribution in [0.15, 0.2) is 67.0 Å². The van der Waals surface area contributed by atoms with Crippen molar-refractivity contribution in [2.45, 2.75) is 0 Å². The number of hydrogen-bond donors (Lipinski definition) is 3. The number of rotatable bonds is 4. The van der Waals surface area contributed by atoms with E-state index in [1.165, 1.54) is 0 Å². The molecule has 0 radical (unpaired) electrons. The summed E-state index contributed by atoms with van der Waals surface area (Å²) in [5.41, 5.74) is 4.64. The van der Waals surface area contributed by atoms with E-state index in [1.54, 1.807) is 43.8 Å². The Bertz CT molecular complexity index is 1300. The van der Waals surface area contributed by atoms with E-state index in [4.69, 9.17) is 4.74 Å². The lowest BCUT2D eigenvalue weighted by atomic mass is 10.0. The molecule has 1 aliphatic carbocycles. The van der Waals surface area contributed by atoms with E-state index in [2.05, 4.69) is 25.8 Å². The fraction of sp³-hybridized carbons (Fsp3) is 0.0435. The van der Waals surface area contributed by atoms with Crippen molar-refractivity contribution < 1.29 is 14.3 Å². The van der Waals surface area contributed by atoms with Gasteiger partial charge >= 0.3 is 6.03 Å². The van der Waals surface area contributed by atoms with Crippen molar-refractivity contribution in [3.05, 3.63) is 78.1 Å². The molecule has 5 rings (SSSR count). The van der Waals surface area contributed by atoms with Crippen molar-refractivity contribution in [3.63, 3.8) is 0 Å². The molecule has 0 saturated carbocycles. The molecule has 8 heteroatoms. The average Bonchev–Trinajstić information content (AvgIpc) is 3.35. The number of H-pyrrole nitrogens is 1. The van der Waals surface area contributed by atoms with Crippen LogP contribution >= 0.6 is 0 Å². The standard InChI is InChI=1S/C23H17N5O3/c1-31-15-7-5-13(6-8-15)20-19-21(28-27-20)16-3-2-4-17(18(16)22(19)29)26-23(30)25-14-9-11-24-12-10-14/h2-12H,1H3,(H,27,28)(H2,24,25,26,30). The van der Waals surface area contributed by atoms with E-state index in [0.717, 1.165) is 11.3 Å². The van der Waals surface area contributed by atoms with Gasteiger partial charge in [0.05, 0.1) is 29.6 Å². The Kier molecular flexibility index (Phi) is 4.44. The number of nitrogens with one attached hydrogen (secondary N) is 3. The van der Waals surface area contributed by atoms with Crippen LogP contribution in [-0.2, 0) is 0 Å². The van der Waals surface area contributed by atoms with Crippen LogP contribution < -0.4 is 15.4 Å². The minimum Gasteiger partial charge on any atom is -0.497 e. The maximum atomic E-state index is 13.4. The SMILES string of the molecule is COc1ccc(-c2[nH]nc3c2C(=O)c2c(NC(=O)Nc4ccncc4)cccc2-3)cc1. The zero-order valence-corrected chi connectivity index (χ0v) is 16.5. The highest BCUT2D eigenvalue weighted by molar-refractivity contribution is 6.27. The van der Waals surface area contributed by atoms with E-state index in [0.29, 0.717) is 39.5 Å². The molecule has 2 heterocycles. The Hall–Kier alpha value is -4.46. The van der Waals surface area contributed by atoms with E-state index < -0.39 is 6.03 Å². The molecule has 0 fully saturated rings. The van der Waals surface area contributed by atoms with Gasteiger partial charge in [0, 0.05) is 29.2 Å². The number of fused-ring (bicyclic) bond motifs is 3. The average molecular weight is 411 g/mol. The largest absolute Gasteiger partial charge is 0.497 e. The maximum Gasteiger partial charge on any atom is 0.323 e. The van der Waals surface area contributed by atoms with E-state index in [1.807, 2.05) is 30.3 Å². The summed E-state index contributed by atoms with van der Waals surface area (Å²) in [5.74, 6) is 0.533. The number of urea groups is 1. The summed E-state index contributed by atoms with van der Waals surface area (Å²) in [5, 5.41) is 12.9. The molecule has 1 aliphatic rings. The molecule has 2 aromatic carbocycles. The number of carbonyl (C=O) groups excluding carboxylic acids is 2. The molecule has 0 atom stereocenters. The number of methoxy groups -OCH3 is 1. The molecular weight excluding hydrogens is 394 g/mol. The molecule has 152 valence electrons. The normalized spacial score (nSPS) is 11.6. The maximum absolute atomic E-state index is 13.4. The third kappa shape index (κ3) is 3.20. The van der Waals surface area contributed by atoms with Crippen LogP contribution in [0.25, 0.3) is 22.5 Å². The fourth-order valence-electron chi connectivity index (χ4n) is 3.67. The van der Waals surface area contributed by atoms with Gasteiger partial charge in [0.1, 0.15) is 11.4 Å². The van der Waals surface area contributed by atoms with Gasteiger partial charge in [-0.15, -0.1) is 0 Å². The first-order valence-electron chi connectivity index (χ1n) is 9.54. The highest BCUT2D eigenvalue weighted by Gasteiger charge is 2.35. The quantitative estimate of drug-likeness (QED) is 0.408. The zero-order chi connectivity index (χ0) is 21.4. The van der Waals surface area contributed by atoms with Crippen molar-refractivity contribution in [2.24, 2.45) is 0 Å². The van der Waals surface area contributed by atoms with Crippen LogP contribution in [0.3, 0.4) is 0 Å². The van der Waals surface area contributed by atoms with E-state index in [-0.39, 0.29) is 5.78 Å². The smallest absolute Gasteiger partial charge is 0.323 e. The van der Waals surface area contributed by atoms with E-state index >= 15 is 0 Å². The molecule has 0 bridgehead atoms. The first kappa shape index (κ1) is 18.6. The molecule has 8 nitrogen and oxygen atoms in total. The van der Waals surface area contributed by atoms with Crippen molar-refractivity contribution >= 4 is 23.2 Å². The number of benzene rings is 2. The molecule has 0 spiro atoms. The highest BCUT2D eigenvalue weighted by atomic mass is 16.5. The second kappa shape index (κ2) is 7.42. The van der Waals surface area contributed by atoms with Crippen LogP contribution in [0.2, 0.25) is 0 Å². The van der Waals surface area contributed by atoms with Gasteiger partial charge in [0.25, 0.3) is 0 Å². The monoisotopic (exact) mass is 411 g/mol. The van der Waals surface area contributed by atoms with Gasteiger partial charge in [0.2, 0.25) is 0 Å². The Labute approximate surface area is 177 Å². The minimum absolute atomic E-state index is 0.190. The second-order valence-electron chi connectivity index (χ2n) is 6.92. The van der Waals surface area contributed by atoms with Crippen molar-refractivity contribution in [3.8, 4) is 28.3 Å². The van der Waals surface area contributed by atoms with Gasteiger partial charge in [-0.1, -0.05) is 12.1 Å². The van der Waals surface area contributed by atoms with Crippen LogP contribution in [0.5, 0.6) is 5.75 Å². The summed E-state index contributed by atoms with van der Waals surface area (Å²) >= 11 is 0. The number of aromatic amines is 1. The lowest BCUT2D eigenvalue weighted by molar-refractivity contribution is 0.104. The predicted octanol–water partition coefficient (Wildman–Crippen LogP) is 4.34. The molecule has 0 saturated heterocycles. The molecule has 31 heavy (non-hydrogen) atoms. The van der Waals surface area contributed by atoms with Crippen LogP contribution in [0, 0.1) is 0 Å². The lowest BCUT2D eigenvalue weighted by Gasteiger charge is -2.11. The number of ketones is 1. The van der Waals surface area contributed by atoms with Crippen molar-refractivity contribution in [1.29, 1.82) is 0 Å². The number of aromatic nitrogens is 3. The third-order valence-corrected chi connectivity index (χ3v) is 5.11. The summed E-state index contributed by atoms with van der Waals surface area (Å²) in [6, 6.07) is 15.6. The molecule has 0 unspecified atom stereocenters. The number of amides is 2. The van der Waals surface area contributed by atoms with Gasteiger partial charge in [-0.3, -0.25) is 14.9 Å². The minimum atomic E-state index is -0.450. The molecule has 0 aliphatic heterocycles. The number of carbonyl (C=O) groups is 2. The Balaban J connectivity index is 1.47. The number of ether oxygens (including phenoxy) is 1. The highest BCUT2D eigenvalue weighted by Crippen LogP contribution is 2.43. The first-order chi connectivity index (χ1) is 15.2. The summed E-state index contributed by atoms with van der Waals surface area (Å²) in [6.45, 7) is 0. The Morgan fingerprint density at radius 2 is 1.74 bits per heavy atom. The summed E-state index contributed by atoms with van der Waals surface area (Å²) in [6.07, 6.45) is 3.16. The Morgan fingerprint density at radius 1 is 0.968 bits per heavy atom. The molecule has 3 N–H and O–H groups in total. The lowest BCUT2D eigenvalue weighted by Crippen LogP contribution is -2.20. The first-order valence-corrected chi connectivity index (χ1v) is 9.54. The van der Waals surface area contributed by atoms with Crippen LogP contribution in [0.4, 0.5) is 16.2 Å². The van der Waals surface area contributed by atoms with Gasteiger partial charge in [-0.25, -0.2) is 4.79 Å². The number of pyridine rings is 1. The second-order valence-corrected chi connectivity index (χ2v) is 6.92. The van der Waals surface area contributed by atoms with Gasteiger partial charge in [-0.2, -0.15) is 5.10 Å². The summed E-state index contributed by atoms with van der Waals surface area (Å²) < 4.78 is 5.20. The number of hydrogen-bond acceptors (Lipinski definition) is 5. The third-order valence-electron chi connectivity index (χ3n) is 5.11. The van der Waals surface area contributed by atoms with Crippen molar-refractivity contribution in [2.75, 3.05) is 17.7 Å². The van der Waals surface area contributed by atoms with Gasteiger partial charge in [0.15, 0.2) is 5.78 Å². The molecular formula is C23H17N5O3. The van der Waals surface area contributed by atoms with Crippen molar-refractivity contribution in [1.82, 2.24) is 15.2 Å². The van der Waals surface area contributed by atoms with Gasteiger partial charge < -0.3 is 15.4 Å². The Morgan fingerprint density at radius 3 is 2.48 bits per heavy atom. The van der Waals surface area contributed by atoms with E-state index in [9.17, 15) is 9.59 Å². The fourth-order valence-corrected chi connectivity index (χ4v) is 3.67. The molecule has 4 aromatic rings. The molecule has 2 amide bonds. The molecule has 2 aromatic heterocycles. The topological polar surface area (TPSA) is 109 Å². The van der Waals surface area contributed by atoms with Gasteiger partial charge in [-0.05, 0) is 42.5 Å². The van der Waals surface area contributed by atoms with Crippen LogP contribution in [-0.4, -0.2) is 34.1 Å². The predicted molar refractivity (Wildman–Crippen MR) is 116 cm³/mol. The number of nitrogens with zero attached hydrogens (tertiary/aromatic N) is 2. The summed E-state index contributed by atoms with van der Waals surface area (Å²) in [4.78, 5) is 29.7. The van der Waals surface area contributed by atoms with Crippen LogP contribution in [0.1, 0.15) is 15.9 Å². The summed E-state index contributed by atoms with van der Waals surface area (Å²) in [7, 11) is 1.60. The number of anilines is 2. The zero-order valence-electron chi connectivity index (χ0n) is 16.5.